The third-order valence-electron chi connectivity index (χ3n) is 2.70. The van der Waals surface area contributed by atoms with Crippen LogP contribution in [0.15, 0.2) is 46.9 Å². The molecule has 1 unspecified atom stereocenters. The summed E-state index contributed by atoms with van der Waals surface area (Å²) in [6.45, 7) is 0.496. The van der Waals surface area contributed by atoms with Crippen molar-refractivity contribution in [2.45, 2.75) is 6.10 Å². The average molecular weight is 391 g/mol. The van der Waals surface area contributed by atoms with Crippen LogP contribution in [-0.4, -0.2) is 24.4 Å². The SMILES string of the molecule is OC(CNc1cc(Br)ccc1Cl)COc1cccc(Cl)c1. The van der Waals surface area contributed by atoms with Crippen molar-refractivity contribution in [3.63, 3.8) is 0 Å². The van der Waals surface area contributed by atoms with Gasteiger partial charge in [-0.15, -0.1) is 0 Å². The number of halogens is 3. The van der Waals surface area contributed by atoms with Gasteiger partial charge in [0.2, 0.25) is 0 Å². The molecular weight excluding hydrogens is 377 g/mol. The van der Waals surface area contributed by atoms with E-state index >= 15 is 0 Å². The first-order valence-corrected chi connectivity index (χ1v) is 7.85. The maximum absolute atomic E-state index is 9.93. The number of rotatable bonds is 6. The smallest absolute Gasteiger partial charge is 0.120 e. The van der Waals surface area contributed by atoms with Crippen LogP contribution in [0.25, 0.3) is 0 Å². The molecule has 6 heteroatoms. The van der Waals surface area contributed by atoms with Crippen LogP contribution in [0.1, 0.15) is 0 Å². The Kier molecular flexibility index (Phi) is 6.18. The summed E-state index contributed by atoms with van der Waals surface area (Å²) in [5.74, 6) is 0.627. The van der Waals surface area contributed by atoms with Crippen LogP contribution in [0.3, 0.4) is 0 Å². The van der Waals surface area contributed by atoms with Gasteiger partial charge in [0.25, 0.3) is 0 Å². The van der Waals surface area contributed by atoms with Gasteiger partial charge in [-0.05, 0) is 36.4 Å². The Labute approximate surface area is 142 Å². The molecule has 0 aliphatic heterocycles. The first kappa shape index (κ1) is 16.4. The molecule has 0 aliphatic carbocycles. The number of hydrogen-bond donors (Lipinski definition) is 2. The quantitative estimate of drug-likeness (QED) is 0.756. The van der Waals surface area contributed by atoms with Gasteiger partial charge in [-0.2, -0.15) is 0 Å². The van der Waals surface area contributed by atoms with Crippen LogP contribution in [0.4, 0.5) is 5.69 Å². The number of hydrogen-bond acceptors (Lipinski definition) is 3. The van der Waals surface area contributed by atoms with Gasteiger partial charge in [-0.25, -0.2) is 0 Å². The van der Waals surface area contributed by atoms with E-state index in [1.807, 2.05) is 12.1 Å². The molecule has 2 rings (SSSR count). The van der Waals surface area contributed by atoms with E-state index in [0.29, 0.717) is 22.3 Å². The monoisotopic (exact) mass is 389 g/mol. The lowest BCUT2D eigenvalue weighted by Gasteiger charge is -2.15. The van der Waals surface area contributed by atoms with Crippen LogP contribution in [-0.2, 0) is 0 Å². The average Bonchev–Trinajstić information content (AvgIpc) is 2.46. The van der Waals surface area contributed by atoms with Crippen molar-refractivity contribution >= 4 is 44.8 Å². The normalized spacial score (nSPS) is 12.0. The van der Waals surface area contributed by atoms with Crippen molar-refractivity contribution in [1.82, 2.24) is 0 Å². The maximum atomic E-state index is 9.93. The molecule has 0 fully saturated rings. The highest BCUT2D eigenvalue weighted by Crippen LogP contribution is 2.25. The van der Waals surface area contributed by atoms with E-state index in [1.54, 1.807) is 30.3 Å². The van der Waals surface area contributed by atoms with E-state index in [0.717, 1.165) is 10.2 Å². The molecule has 0 radical (unpaired) electrons. The fraction of sp³-hybridized carbons (Fsp3) is 0.200. The van der Waals surface area contributed by atoms with Gasteiger partial charge in [0, 0.05) is 16.0 Å². The minimum atomic E-state index is -0.668. The lowest BCUT2D eigenvalue weighted by Crippen LogP contribution is -2.26. The number of aliphatic hydroxyl groups is 1. The molecule has 0 aromatic heterocycles. The minimum Gasteiger partial charge on any atom is -0.491 e. The Morgan fingerprint density at radius 1 is 1.19 bits per heavy atom. The van der Waals surface area contributed by atoms with Gasteiger partial charge < -0.3 is 15.2 Å². The highest BCUT2D eigenvalue weighted by Gasteiger charge is 2.07. The Bertz CT molecular complexity index is 610. The second kappa shape index (κ2) is 7.90. The molecule has 0 spiro atoms. The fourth-order valence-electron chi connectivity index (χ4n) is 1.67. The van der Waals surface area contributed by atoms with Crippen molar-refractivity contribution in [3.8, 4) is 5.75 Å². The predicted molar refractivity (Wildman–Crippen MR) is 90.6 cm³/mol. The van der Waals surface area contributed by atoms with Gasteiger partial charge in [-0.1, -0.05) is 45.2 Å². The molecule has 2 aromatic carbocycles. The van der Waals surface area contributed by atoms with E-state index in [2.05, 4.69) is 21.2 Å². The van der Waals surface area contributed by atoms with Gasteiger partial charge >= 0.3 is 0 Å². The topological polar surface area (TPSA) is 41.5 Å². The Balaban J connectivity index is 1.82. The zero-order valence-corrected chi connectivity index (χ0v) is 14.1. The van der Waals surface area contributed by atoms with Crippen LogP contribution in [0.5, 0.6) is 5.75 Å². The molecule has 0 amide bonds. The number of benzene rings is 2. The summed E-state index contributed by atoms with van der Waals surface area (Å²) in [5.41, 5.74) is 0.757. The van der Waals surface area contributed by atoms with Crippen molar-refractivity contribution in [3.05, 3.63) is 57.0 Å². The summed E-state index contributed by atoms with van der Waals surface area (Å²) < 4.78 is 6.39. The molecule has 21 heavy (non-hydrogen) atoms. The van der Waals surface area contributed by atoms with Gasteiger partial charge in [0.05, 0.1) is 10.7 Å². The summed E-state index contributed by atoms with van der Waals surface area (Å²) in [4.78, 5) is 0. The lowest BCUT2D eigenvalue weighted by molar-refractivity contribution is 0.117. The third-order valence-corrected chi connectivity index (χ3v) is 3.75. The van der Waals surface area contributed by atoms with Crippen molar-refractivity contribution in [2.75, 3.05) is 18.5 Å². The van der Waals surface area contributed by atoms with E-state index in [1.165, 1.54) is 0 Å². The molecule has 0 saturated carbocycles. The minimum absolute atomic E-state index is 0.166. The van der Waals surface area contributed by atoms with Crippen molar-refractivity contribution < 1.29 is 9.84 Å². The summed E-state index contributed by atoms with van der Waals surface area (Å²) >= 11 is 15.3. The van der Waals surface area contributed by atoms with Gasteiger partial charge in [0.1, 0.15) is 18.5 Å². The third kappa shape index (κ3) is 5.40. The van der Waals surface area contributed by atoms with E-state index < -0.39 is 6.10 Å². The molecule has 0 saturated heterocycles. The number of anilines is 1. The standard InChI is InChI=1S/C15H14BrCl2NO2/c16-10-4-5-14(18)15(6-10)19-8-12(20)9-21-13-3-1-2-11(17)7-13/h1-7,12,19-20H,8-9H2. The number of ether oxygens (including phenoxy) is 1. The molecular formula is C15H14BrCl2NO2. The maximum Gasteiger partial charge on any atom is 0.120 e. The molecule has 1 atom stereocenters. The summed E-state index contributed by atoms with van der Waals surface area (Å²) in [6, 6.07) is 12.5. The molecule has 2 N–H and O–H groups in total. The first-order chi connectivity index (χ1) is 10.0. The van der Waals surface area contributed by atoms with Gasteiger partial charge in [0.15, 0.2) is 0 Å². The Hall–Kier alpha value is -0.940. The predicted octanol–water partition coefficient (Wildman–Crippen LogP) is 4.61. The van der Waals surface area contributed by atoms with Crippen molar-refractivity contribution in [1.29, 1.82) is 0 Å². The van der Waals surface area contributed by atoms with Crippen molar-refractivity contribution in [2.24, 2.45) is 0 Å². The summed E-state index contributed by atoms with van der Waals surface area (Å²) in [7, 11) is 0. The number of nitrogens with one attached hydrogen (secondary N) is 1. The van der Waals surface area contributed by atoms with Crippen LogP contribution in [0, 0.1) is 0 Å². The molecule has 3 nitrogen and oxygen atoms in total. The Morgan fingerprint density at radius 2 is 2.00 bits per heavy atom. The highest BCUT2D eigenvalue weighted by molar-refractivity contribution is 9.10. The van der Waals surface area contributed by atoms with Crippen LogP contribution >= 0.6 is 39.1 Å². The zero-order valence-electron chi connectivity index (χ0n) is 11.0. The second-order valence-corrected chi connectivity index (χ2v) is 6.19. The molecule has 0 heterocycles. The summed E-state index contributed by atoms with van der Waals surface area (Å²) in [6.07, 6.45) is -0.668. The first-order valence-electron chi connectivity index (χ1n) is 6.30. The molecule has 0 aliphatic rings. The Morgan fingerprint density at radius 3 is 2.76 bits per heavy atom. The number of aliphatic hydroxyl groups excluding tert-OH is 1. The highest BCUT2D eigenvalue weighted by atomic mass is 79.9. The largest absolute Gasteiger partial charge is 0.491 e. The van der Waals surface area contributed by atoms with Crippen LogP contribution < -0.4 is 10.1 Å². The van der Waals surface area contributed by atoms with Crippen LogP contribution in [0.2, 0.25) is 10.0 Å². The summed E-state index contributed by atoms with van der Waals surface area (Å²) in [5, 5.41) is 14.2. The molecule has 112 valence electrons. The van der Waals surface area contributed by atoms with E-state index in [4.69, 9.17) is 27.9 Å². The lowest BCUT2D eigenvalue weighted by atomic mass is 10.3. The molecule has 0 bridgehead atoms. The van der Waals surface area contributed by atoms with E-state index in [9.17, 15) is 5.11 Å². The van der Waals surface area contributed by atoms with Gasteiger partial charge in [-0.3, -0.25) is 0 Å². The fourth-order valence-corrected chi connectivity index (χ4v) is 2.39. The second-order valence-electron chi connectivity index (χ2n) is 4.43. The molecule has 2 aromatic rings. The van der Waals surface area contributed by atoms with E-state index in [-0.39, 0.29) is 6.61 Å². The zero-order chi connectivity index (χ0) is 15.2.